The van der Waals surface area contributed by atoms with Gasteiger partial charge in [0.1, 0.15) is 0 Å². The summed E-state index contributed by atoms with van der Waals surface area (Å²) in [5.41, 5.74) is 6.34. The molecule has 4 nitrogen and oxygen atoms in total. The maximum absolute atomic E-state index is 12.3. The van der Waals surface area contributed by atoms with Gasteiger partial charge < -0.3 is 10.6 Å². The van der Waals surface area contributed by atoms with Gasteiger partial charge in [0.2, 0.25) is 0 Å². The van der Waals surface area contributed by atoms with Crippen LogP contribution >= 0.6 is 12.2 Å². The largest absolute Gasteiger partial charge is 0.392 e. The molecule has 2 rings (SSSR count). The summed E-state index contributed by atoms with van der Waals surface area (Å²) in [6, 6.07) is 3.33. The standard InChI is InChI=1S/C12H15N3OS/c13-11(17)10-3-1-2-8-15(10)12(16)9-4-6-14-7-5-9/h4-7,10H,1-3,8H2,(H2,13,17). The van der Waals surface area contributed by atoms with Gasteiger partial charge in [0, 0.05) is 24.5 Å². The highest BCUT2D eigenvalue weighted by molar-refractivity contribution is 7.80. The monoisotopic (exact) mass is 249 g/mol. The summed E-state index contributed by atoms with van der Waals surface area (Å²) >= 11 is 5.03. The van der Waals surface area contributed by atoms with Crippen LogP contribution in [0.4, 0.5) is 0 Å². The third kappa shape index (κ3) is 2.61. The number of carbonyl (C=O) groups excluding carboxylic acids is 1. The highest BCUT2D eigenvalue weighted by Gasteiger charge is 2.29. The van der Waals surface area contributed by atoms with Crippen LogP contribution in [0.15, 0.2) is 24.5 Å². The zero-order valence-electron chi connectivity index (χ0n) is 9.50. The van der Waals surface area contributed by atoms with Gasteiger partial charge >= 0.3 is 0 Å². The number of hydrogen-bond acceptors (Lipinski definition) is 3. The minimum absolute atomic E-state index is 0.00935. The maximum atomic E-state index is 12.3. The van der Waals surface area contributed by atoms with Crippen LogP contribution in [-0.2, 0) is 0 Å². The minimum atomic E-state index is -0.0978. The zero-order valence-corrected chi connectivity index (χ0v) is 10.3. The molecule has 90 valence electrons. The Morgan fingerprint density at radius 3 is 2.76 bits per heavy atom. The van der Waals surface area contributed by atoms with Crippen LogP contribution < -0.4 is 5.73 Å². The Morgan fingerprint density at radius 2 is 2.12 bits per heavy atom. The molecule has 0 saturated carbocycles. The van der Waals surface area contributed by atoms with Gasteiger partial charge in [0.05, 0.1) is 11.0 Å². The second kappa shape index (κ2) is 5.23. The van der Waals surface area contributed by atoms with Gasteiger partial charge in [-0.15, -0.1) is 0 Å². The molecule has 1 saturated heterocycles. The molecule has 0 aromatic carbocycles. The quantitative estimate of drug-likeness (QED) is 0.804. The van der Waals surface area contributed by atoms with E-state index in [-0.39, 0.29) is 11.9 Å². The minimum Gasteiger partial charge on any atom is -0.392 e. The van der Waals surface area contributed by atoms with E-state index >= 15 is 0 Å². The van der Waals surface area contributed by atoms with Crippen molar-refractivity contribution >= 4 is 23.1 Å². The zero-order chi connectivity index (χ0) is 12.3. The Morgan fingerprint density at radius 1 is 1.41 bits per heavy atom. The normalized spacial score (nSPS) is 20.0. The van der Waals surface area contributed by atoms with Crippen molar-refractivity contribution in [2.75, 3.05) is 6.54 Å². The number of rotatable bonds is 2. The van der Waals surface area contributed by atoms with E-state index in [4.69, 9.17) is 18.0 Å². The van der Waals surface area contributed by atoms with Crippen molar-refractivity contribution in [3.8, 4) is 0 Å². The predicted molar refractivity (Wildman–Crippen MR) is 69.7 cm³/mol. The van der Waals surface area contributed by atoms with Gasteiger partial charge in [-0.3, -0.25) is 9.78 Å². The lowest BCUT2D eigenvalue weighted by Gasteiger charge is -2.35. The van der Waals surface area contributed by atoms with Crippen molar-refractivity contribution < 1.29 is 4.79 Å². The first-order valence-corrected chi connectivity index (χ1v) is 6.11. The molecule has 1 unspecified atom stereocenters. The molecule has 1 aliphatic heterocycles. The molecule has 2 N–H and O–H groups in total. The van der Waals surface area contributed by atoms with Crippen molar-refractivity contribution in [3.05, 3.63) is 30.1 Å². The lowest BCUT2D eigenvalue weighted by molar-refractivity contribution is 0.0681. The van der Waals surface area contributed by atoms with Crippen molar-refractivity contribution in [3.63, 3.8) is 0 Å². The highest BCUT2D eigenvalue weighted by atomic mass is 32.1. The van der Waals surface area contributed by atoms with Crippen molar-refractivity contribution in [2.24, 2.45) is 5.73 Å². The fourth-order valence-corrected chi connectivity index (χ4v) is 2.38. The summed E-state index contributed by atoms with van der Waals surface area (Å²) < 4.78 is 0. The number of nitrogens with zero attached hydrogens (tertiary/aromatic N) is 2. The van der Waals surface area contributed by atoms with E-state index in [0.29, 0.717) is 10.6 Å². The van der Waals surface area contributed by atoms with E-state index in [1.165, 1.54) is 0 Å². The molecule has 2 heterocycles. The summed E-state index contributed by atoms with van der Waals surface area (Å²) in [5, 5.41) is 0. The van der Waals surface area contributed by atoms with Crippen LogP contribution in [0.2, 0.25) is 0 Å². The van der Waals surface area contributed by atoms with Crippen LogP contribution in [0.3, 0.4) is 0 Å². The average molecular weight is 249 g/mol. The Balaban J connectivity index is 2.20. The average Bonchev–Trinajstić information content (AvgIpc) is 2.39. The summed E-state index contributed by atoms with van der Waals surface area (Å²) in [5.74, 6) is -0.00935. The van der Waals surface area contributed by atoms with Crippen LogP contribution in [-0.4, -0.2) is 33.4 Å². The summed E-state index contributed by atoms with van der Waals surface area (Å²) in [6.07, 6.45) is 6.18. The van der Waals surface area contributed by atoms with Crippen LogP contribution in [0.5, 0.6) is 0 Å². The van der Waals surface area contributed by atoms with Crippen LogP contribution in [0, 0.1) is 0 Å². The molecule has 17 heavy (non-hydrogen) atoms. The SMILES string of the molecule is NC(=S)C1CCCCN1C(=O)c1ccncc1. The van der Waals surface area contributed by atoms with Gasteiger partial charge in [-0.25, -0.2) is 0 Å². The van der Waals surface area contributed by atoms with E-state index in [1.807, 2.05) is 0 Å². The van der Waals surface area contributed by atoms with Crippen LogP contribution in [0.25, 0.3) is 0 Å². The van der Waals surface area contributed by atoms with Crippen molar-refractivity contribution in [2.45, 2.75) is 25.3 Å². The Kier molecular flexibility index (Phi) is 3.68. The summed E-state index contributed by atoms with van der Waals surface area (Å²) in [6.45, 7) is 0.725. The topological polar surface area (TPSA) is 59.2 Å². The number of nitrogens with two attached hydrogens (primary N) is 1. The van der Waals surface area contributed by atoms with E-state index in [1.54, 1.807) is 29.4 Å². The molecule has 1 aromatic heterocycles. The molecular weight excluding hydrogens is 234 g/mol. The molecular formula is C12H15N3OS. The van der Waals surface area contributed by atoms with E-state index in [2.05, 4.69) is 4.98 Å². The number of likely N-dealkylation sites (tertiary alicyclic amines) is 1. The van der Waals surface area contributed by atoms with Crippen molar-refractivity contribution in [1.82, 2.24) is 9.88 Å². The number of piperidine rings is 1. The second-order valence-electron chi connectivity index (χ2n) is 4.15. The van der Waals surface area contributed by atoms with Crippen molar-refractivity contribution in [1.29, 1.82) is 0 Å². The third-order valence-electron chi connectivity index (χ3n) is 3.02. The highest BCUT2D eigenvalue weighted by Crippen LogP contribution is 2.19. The Bertz CT molecular complexity index is 421. The Hall–Kier alpha value is -1.49. The molecule has 0 radical (unpaired) electrons. The van der Waals surface area contributed by atoms with E-state index < -0.39 is 0 Å². The first kappa shape index (κ1) is 12.0. The van der Waals surface area contributed by atoms with Crippen LogP contribution in [0.1, 0.15) is 29.6 Å². The number of amides is 1. The second-order valence-corrected chi connectivity index (χ2v) is 4.62. The fraction of sp³-hybridized carbons (Fsp3) is 0.417. The van der Waals surface area contributed by atoms with Gasteiger partial charge in [-0.2, -0.15) is 0 Å². The number of thiocarbonyl (C=S) groups is 1. The number of carbonyl (C=O) groups is 1. The fourth-order valence-electron chi connectivity index (χ4n) is 2.13. The molecule has 1 amide bonds. The molecule has 1 fully saturated rings. The molecule has 1 aromatic rings. The summed E-state index contributed by atoms with van der Waals surface area (Å²) in [4.78, 5) is 18.4. The molecule has 0 spiro atoms. The van der Waals surface area contributed by atoms with Gasteiger partial charge in [0.25, 0.3) is 5.91 Å². The number of hydrogen-bond donors (Lipinski definition) is 1. The van der Waals surface area contributed by atoms with E-state index in [9.17, 15) is 4.79 Å². The Labute approximate surface area is 106 Å². The third-order valence-corrected chi connectivity index (χ3v) is 3.29. The molecule has 0 aliphatic carbocycles. The first-order valence-electron chi connectivity index (χ1n) is 5.70. The molecule has 1 atom stereocenters. The smallest absolute Gasteiger partial charge is 0.254 e. The van der Waals surface area contributed by atoms with Gasteiger partial charge in [-0.05, 0) is 31.4 Å². The van der Waals surface area contributed by atoms with Gasteiger partial charge in [-0.1, -0.05) is 12.2 Å². The number of pyridine rings is 1. The maximum Gasteiger partial charge on any atom is 0.254 e. The van der Waals surface area contributed by atoms with E-state index in [0.717, 1.165) is 25.8 Å². The molecule has 1 aliphatic rings. The molecule has 0 bridgehead atoms. The lowest BCUT2D eigenvalue weighted by Crippen LogP contribution is -2.49. The predicted octanol–water partition coefficient (Wildman–Crippen LogP) is 1.36. The lowest BCUT2D eigenvalue weighted by atomic mass is 10.0. The first-order chi connectivity index (χ1) is 8.20. The summed E-state index contributed by atoms with van der Waals surface area (Å²) in [7, 11) is 0. The van der Waals surface area contributed by atoms with Gasteiger partial charge in [0.15, 0.2) is 0 Å². The number of aromatic nitrogens is 1. The molecule has 5 heteroatoms.